The molecule has 0 saturated heterocycles. The van der Waals surface area contributed by atoms with Crippen molar-refractivity contribution < 1.29 is 4.39 Å². The number of hydrogen-bond donors (Lipinski definition) is 0. The molecule has 0 nitrogen and oxygen atoms in total. The maximum absolute atomic E-state index is 13.5. The molecule has 0 aliphatic heterocycles. The van der Waals surface area contributed by atoms with Crippen molar-refractivity contribution in [1.29, 1.82) is 0 Å². The molecule has 2 aromatic rings. The van der Waals surface area contributed by atoms with Gasteiger partial charge in [0, 0.05) is 15.4 Å². The van der Waals surface area contributed by atoms with Gasteiger partial charge in [0.25, 0.3) is 0 Å². The van der Waals surface area contributed by atoms with Crippen LogP contribution in [0.5, 0.6) is 0 Å². The first-order valence-corrected chi connectivity index (χ1v) is 7.01. The first kappa shape index (κ1) is 12.1. The highest BCUT2D eigenvalue weighted by atomic mass is 79.9. The average Bonchev–Trinajstić information content (AvgIpc) is 2.76. The van der Waals surface area contributed by atoms with Crippen molar-refractivity contribution in [2.45, 2.75) is 11.2 Å². The summed E-state index contributed by atoms with van der Waals surface area (Å²) >= 11 is 11.2. The largest absolute Gasteiger partial charge is 0.207 e. The second-order valence-electron chi connectivity index (χ2n) is 3.43. The molecular formula is C12H9BrClFS. The molecule has 1 atom stereocenters. The van der Waals surface area contributed by atoms with Crippen molar-refractivity contribution in [2.24, 2.45) is 0 Å². The normalized spacial score (nSPS) is 12.7. The van der Waals surface area contributed by atoms with Gasteiger partial charge in [0.2, 0.25) is 0 Å². The zero-order valence-electron chi connectivity index (χ0n) is 8.29. The van der Waals surface area contributed by atoms with Crippen LogP contribution in [0.1, 0.15) is 16.0 Å². The van der Waals surface area contributed by atoms with Crippen LogP contribution in [-0.2, 0) is 6.42 Å². The first-order valence-electron chi connectivity index (χ1n) is 4.77. The Morgan fingerprint density at radius 3 is 2.81 bits per heavy atom. The summed E-state index contributed by atoms with van der Waals surface area (Å²) < 4.78 is 13.5. The van der Waals surface area contributed by atoms with Crippen LogP contribution in [0, 0.1) is 5.82 Å². The molecule has 1 heterocycles. The van der Waals surface area contributed by atoms with Gasteiger partial charge in [-0.05, 0) is 40.9 Å². The number of thiophene rings is 1. The number of alkyl halides is 1. The van der Waals surface area contributed by atoms with E-state index in [9.17, 15) is 4.39 Å². The van der Waals surface area contributed by atoms with Crippen molar-refractivity contribution in [3.8, 4) is 0 Å². The molecule has 0 radical (unpaired) electrons. The van der Waals surface area contributed by atoms with Crippen molar-refractivity contribution in [3.63, 3.8) is 0 Å². The highest BCUT2D eigenvalue weighted by Gasteiger charge is 2.14. The smallest absolute Gasteiger partial charge is 0.127 e. The third kappa shape index (κ3) is 2.65. The van der Waals surface area contributed by atoms with E-state index in [0.29, 0.717) is 17.0 Å². The van der Waals surface area contributed by atoms with Crippen LogP contribution in [0.2, 0.25) is 5.02 Å². The van der Waals surface area contributed by atoms with E-state index < -0.39 is 0 Å². The Balaban J connectivity index is 2.21. The minimum atomic E-state index is -0.243. The topological polar surface area (TPSA) is 0 Å². The minimum absolute atomic E-state index is 0.105. The lowest BCUT2D eigenvalue weighted by Gasteiger charge is -2.10. The Kier molecular flexibility index (Phi) is 4.00. The summed E-state index contributed by atoms with van der Waals surface area (Å²) in [6.45, 7) is 0. The van der Waals surface area contributed by atoms with Gasteiger partial charge < -0.3 is 0 Å². The second kappa shape index (κ2) is 5.30. The van der Waals surface area contributed by atoms with Gasteiger partial charge in [0.15, 0.2) is 0 Å². The lowest BCUT2D eigenvalue weighted by molar-refractivity contribution is 0.608. The lowest BCUT2D eigenvalue weighted by atomic mass is 10.1. The third-order valence-electron chi connectivity index (χ3n) is 2.35. The van der Waals surface area contributed by atoms with Crippen LogP contribution >= 0.6 is 38.9 Å². The maximum Gasteiger partial charge on any atom is 0.127 e. The minimum Gasteiger partial charge on any atom is -0.207 e. The van der Waals surface area contributed by atoms with Crippen LogP contribution in [0.3, 0.4) is 0 Å². The van der Waals surface area contributed by atoms with Crippen molar-refractivity contribution in [3.05, 3.63) is 57.0 Å². The molecular weight excluding hydrogens is 311 g/mol. The monoisotopic (exact) mass is 318 g/mol. The van der Waals surface area contributed by atoms with E-state index in [1.807, 2.05) is 16.8 Å². The van der Waals surface area contributed by atoms with Crippen molar-refractivity contribution >= 4 is 38.9 Å². The van der Waals surface area contributed by atoms with E-state index in [4.69, 9.17) is 11.6 Å². The second-order valence-corrected chi connectivity index (χ2v) is 5.72. The standard InChI is InChI=1S/C12H9BrClFS/c13-10(8-4-5-16-7-8)6-9-11(14)2-1-3-12(9)15/h1-5,7,10H,6H2. The van der Waals surface area contributed by atoms with Crippen LogP contribution < -0.4 is 0 Å². The van der Waals surface area contributed by atoms with E-state index in [-0.39, 0.29) is 10.6 Å². The molecule has 2 rings (SSSR count). The average molecular weight is 320 g/mol. The zero-order valence-corrected chi connectivity index (χ0v) is 11.4. The van der Waals surface area contributed by atoms with Gasteiger partial charge in [0.1, 0.15) is 5.82 Å². The lowest BCUT2D eigenvalue weighted by Crippen LogP contribution is -1.97. The molecule has 1 aromatic carbocycles. The van der Waals surface area contributed by atoms with Gasteiger partial charge in [-0.25, -0.2) is 4.39 Å². The van der Waals surface area contributed by atoms with E-state index >= 15 is 0 Å². The van der Waals surface area contributed by atoms with Gasteiger partial charge in [-0.2, -0.15) is 11.3 Å². The first-order chi connectivity index (χ1) is 7.68. The summed E-state index contributed by atoms with van der Waals surface area (Å²) in [4.78, 5) is 0.105. The highest BCUT2D eigenvalue weighted by molar-refractivity contribution is 9.09. The van der Waals surface area contributed by atoms with E-state index in [1.165, 1.54) is 6.07 Å². The predicted molar refractivity (Wildman–Crippen MR) is 71.1 cm³/mol. The molecule has 84 valence electrons. The molecule has 0 N–H and O–H groups in total. The summed E-state index contributed by atoms with van der Waals surface area (Å²) in [5.74, 6) is -0.243. The van der Waals surface area contributed by atoms with Crippen LogP contribution in [0.4, 0.5) is 4.39 Å². The van der Waals surface area contributed by atoms with Crippen LogP contribution in [0.25, 0.3) is 0 Å². The molecule has 0 bridgehead atoms. The zero-order chi connectivity index (χ0) is 11.5. The molecule has 0 aliphatic rings. The summed E-state index contributed by atoms with van der Waals surface area (Å²) in [7, 11) is 0. The predicted octanol–water partition coefficient (Wildman–Crippen LogP) is 5.22. The van der Waals surface area contributed by atoms with Gasteiger partial charge >= 0.3 is 0 Å². The molecule has 1 unspecified atom stereocenters. The quantitative estimate of drug-likeness (QED) is 0.680. The third-order valence-corrected chi connectivity index (χ3v) is 4.26. The Hall–Kier alpha value is -0.380. The number of rotatable bonds is 3. The van der Waals surface area contributed by atoms with Crippen LogP contribution in [-0.4, -0.2) is 0 Å². The van der Waals surface area contributed by atoms with E-state index in [0.717, 1.165) is 5.56 Å². The Labute approximate surface area is 111 Å². The summed E-state index contributed by atoms with van der Waals surface area (Å²) in [5, 5.41) is 4.54. The Bertz CT molecular complexity index is 450. The number of halogens is 3. The van der Waals surface area contributed by atoms with Crippen molar-refractivity contribution in [1.82, 2.24) is 0 Å². The molecule has 4 heteroatoms. The van der Waals surface area contributed by atoms with Gasteiger partial charge in [-0.1, -0.05) is 33.6 Å². The molecule has 0 amide bonds. The fourth-order valence-corrected chi connectivity index (χ4v) is 3.22. The molecule has 0 saturated carbocycles. The van der Waals surface area contributed by atoms with E-state index in [2.05, 4.69) is 15.9 Å². The highest BCUT2D eigenvalue weighted by Crippen LogP contribution is 2.32. The summed E-state index contributed by atoms with van der Waals surface area (Å²) in [6, 6.07) is 6.80. The SMILES string of the molecule is Fc1cccc(Cl)c1CC(Br)c1ccsc1. The Morgan fingerprint density at radius 1 is 1.38 bits per heavy atom. The molecule has 16 heavy (non-hydrogen) atoms. The number of hydrogen-bond acceptors (Lipinski definition) is 1. The molecule has 0 fully saturated rings. The Morgan fingerprint density at radius 2 is 2.19 bits per heavy atom. The van der Waals surface area contributed by atoms with Gasteiger partial charge in [0.05, 0.1) is 0 Å². The maximum atomic E-state index is 13.5. The summed E-state index contributed by atoms with van der Waals surface area (Å²) in [5.41, 5.74) is 1.72. The molecule has 1 aromatic heterocycles. The molecule has 0 aliphatic carbocycles. The van der Waals surface area contributed by atoms with Crippen molar-refractivity contribution in [2.75, 3.05) is 0 Å². The fourth-order valence-electron chi connectivity index (χ4n) is 1.48. The molecule has 0 spiro atoms. The summed E-state index contributed by atoms with van der Waals surface area (Å²) in [6.07, 6.45) is 0.558. The van der Waals surface area contributed by atoms with E-state index in [1.54, 1.807) is 23.5 Å². The van der Waals surface area contributed by atoms with Gasteiger partial charge in [-0.15, -0.1) is 0 Å². The van der Waals surface area contributed by atoms with Gasteiger partial charge in [-0.3, -0.25) is 0 Å². The van der Waals surface area contributed by atoms with Crippen LogP contribution in [0.15, 0.2) is 35.0 Å². The fraction of sp³-hybridized carbons (Fsp3) is 0.167. The number of benzene rings is 1.